The van der Waals surface area contributed by atoms with Crippen molar-refractivity contribution in [1.82, 2.24) is 15.2 Å². The van der Waals surface area contributed by atoms with Crippen molar-refractivity contribution in [2.75, 3.05) is 56.2 Å². The van der Waals surface area contributed by atoms with Gasteiger partial charge in [0.15, 0.2) is 0 Å². The minimum atomic E-state index is -0.172. The Labute approximate surface area is 190 Å². The first-order valence-corrected chi connectivity index (χ1v) is 10.9. The maximum Gasteiger partial charge on any atom is 0.241 e. The fourth-order valence-electron chi connectivity index (χ4n) is 4.85. The molecule has 0 bridgehead atoms. The van der Waals surface area contributed by atoms with Gasteiger partial charge in [-0.3, -0.25) is 19.4 Å². The van der Waals surface area contributed by atoms with Crippen molar-refractivity contribution in [3.8, 4) is 0 Å². The fraction of sp³-hybridized carbons (Fsp3) is 0.682. The van der Waals surface area contributed by atoms with Gasteiger partial charge in [-0.25, -0.2) is 4.98 Å². The van der Waals surface area contributed by atoms with Gasteiger partial charge < -0.3 is 15.0 Å². The van der Waals surface area contributed by atoms with Gasteiger partial charge in [-0.05, 0) is 13.3 Å². The summed E-state index contributed by atoms with van der Waals surface area (Å²) in [6, 6.07) is 2.45. The van der Waals surface area contributed by atoms with Crippen LogP contribution in [0.5, 0.6) is 0 Å². The maximum atomic E-state index is 13.4. The van der Waals surface area contributed by atoms with E-state index in [0.29, 0.717) is 44.5 Å². The quantitative estimate of drug-likeness (QED) is 0.732. The lowest BCUT2D eigenvalue weighted by Crippen LogP contribution is -2.59. The Morgan fingerprint density at radius 2 is 2.16 bits per heavy atom. The number of amides is 2. The number of carbonyl (C=O) groups excluding carboxylic acids is 2. The number of nitrogens with zero attached hydrogens (tertiary/aromatic N) is 4. The van der Waals surface area contributed by atoms with Gasteiger partial charge in [0, 0.05) is 75.0 Å². The van der Waals surface area contributed by atoms with Gasteiger partial charge in [-0.15, -0.1) is 12.4 Å². The van der Waals surface area contributed by atoms with Crippen molar-refractivity contribution in [3.05, 3.63) is 17.8 Å². The number of halogens is 1. The van der Waals surface area contributed by atoms with Crippen LogP contribution in [0.25, 0.3) is 0 Å². The first-order chi connectivity index (χ1) is 14.3. The number of hydrogen-bond donors (Lipinski definition) is 1. The number of aromatic nitrogens is 1. The molecule has 2 amide bonds. The Kier molecular flexibility index (Phi) is 7.25. The summed E-state index contributed by atoms with van der Waals surface area (Å²) in [5.41, 5.74) is 1.78. The van der Waals surface area contributed by atoms with Gasteiger partial charge in [0.25, 0.3) is 0 Å². The summed E-state index contributed by atoms with van der Waals surface area (Å²) in [6.45, 7) is 10.3. The summed E-state index contributed by atoms with van der Waals surface area (Å²) >= 11 is 0. The number of pyridine rings is 1. The molecule has 4 heterocycles. The van der Waals surface area contributed by atoms with Crippen LogP contribution in [0, 0.1) is 0 Å². The molecule has 0 spiro atoms. The highest BCUT2D eigenvalue weighted by Gasteiger charge is 2.40. The minimum Gasteiger partial charge on any atom is -0.383 e. The third-order valence-electron chi connectivity index (χ3n) is 6.52. The van der Waals surface area contributed by atoms with Crippen LogP contribution in [0.4, 0.5) is 11.5 Å². The summed E-state index contributed by atoms with van der Waals surface area (Å²) in [6.07, 6.45) is 3.27. The van der Waals surface area contributed by atoms with E-state index in [4.69, 9.17) is 4.74 Å². The second kappa shape index (κ2) is 9.40. The van der Waals surface area contributed by atoms with Crippen LogP contribution in [0.15, 0.2) is 12.3 Å². The van der Waals surface area contributed by atoms with Crippen LogP contribution in [0.3, 0.4) is 0 Å². The predicted molar refractivity (Wildman–Crippen MR) is 123 cm³/mol. The number of carbonyl (C=O) groups is 2. The summed E-state index contributed by atoms with van der Waals surface area (Å²) in [5.74, 6) is 0.844. The lowest BCUT2D eigenvalue weighted by Gasteiger charge is -2.39. The average molecular weight is 452 g/mol. The first-order valence-electron chi connectivity index (χ1n) is 10.9. The van der Waals surface area contributed by atoms with Gasteiger partial charge in [0.1, 0.15) is 5.82 Å². The molecule has 0 saturated carbocycles. The maximum absolute atomic E-state index is 13.4. The van der Waals surface area contributed by atoms with Gasteiger partial charge in [-0.1, -0.05) is 13.8 Å². The molecule has 2 atom stereocenters. The molecule has 1 aromatic heterocycles. The molecule has 8 nitrogen and oxygen atoms in total. The zero-order valence-corrected chi connectivity index (χ0v) is 19.7. The molecule has 0 radical (unpaired) electrons. The van der Waals surface area contributed by atoms with Crippen molar-refractivity contribution >= 4 is 35.7 Å². The predicted octanol–water partition coefficient (Wildman–Crippen LogP) is 1.56. The van der Waals surface area contributed by atoms with E-state index in [2.05, 4.69) is 36.0 Å². The summed E-state index contributed by atoms with van der Waals surface area (Å²) in [4.78, 5) is 36.0. The lowest BCUT2D eigenvalue weighted by molar-refractivity contribution is -0.121. The third kappa shape index (κ3) is 4.72. The number of nitrogens with one attached hydrogen (secondary N) is 1. The molecular weight excluding hydrogens is 418 g/mol. The number of piperazine rings is 1. The van der Waals surface area contributed by atoms with Crippen LogP contribution in [-0.2, 0) is 19.7 Å². The number of methoxy groups -OCH3 is 1. The highest BCUT2D eigenvalue weighted by molar-refractivity contribution is 5.99. The van der Waals surface area contributed by atoms with Crippen molar-refractivity contribution < 1.29 is 14.3 Å². The van der Waals surface area contributed by atoms with E-state index in [-0.39, 0.29) is 35.7 Å². The molecule has 4 rings (SSSR count). The molecule has 3 aliphatic rings. The molecule has 172 valence electrons. The summed E-state index contributed by atoms with van der Waals surface area (Å²) in [7, 11) is 1.70. The van der Waals surface area contributed by atoms with E-state index in [9.17, 15) is 9.59 Å². The molecule has 2 fully saturated rings. The number of rotatable bonds is 5. The zero-order chi connectivity index (χ0) is 21.5. The zero-order valence-electron chi connectivity index (χ0n) is 18.9. The molecular formula is C22H34ClN5O3. The Balaban J connectivity index is 0.00000272. The molecule has 31 heavy (non-hydrogen) atoms. The lowest BCUT2D eigenvalue weighted by atomic mass is 9.88. The monoisotopic (exact) mass is 451 g/mol. The minimum absolute atomic E-state index is 0. The molecule has 9 heteroatoms. The Morgan fingerprint density at radius 3 is 2.84 bits per heavy atom. The molecule has 0 unspecified atom stereocenters. The molecule has 0 aliphatic carbocycles. The van der Waals surface area contributed by atoms with Crippen molar-refractivity contribution in [2.45, 2.75) is 51.1 Å². The average Bonchev–Trinajstić information content (AvgIpc) is 3.24. The molecule has 1 N–H and O–H groups in total. The number of ether oxygens (including phenoxy) is 1. The number of fused-ring (bicyclic) bond motifs is 1. The van der Waals surface area contributed by atoms with Crippen molar-refractivity contribution in [1.29, 1.82) is 0 Å². The van der Waals surface area contributed by atoms with E-state index in [1.54, 1.807) is 12.0 Å². The van der Waals surface area contributed by atoms with Crippen molar-refractivity contribution in [2.24, 2.45) is 0 Å². The topological polar surface area (TPSA) is 78.0 Å². The molecule has 1 aromatic rings. The second-order valence-corrected chi connectivity index (χ2v) is 9.42. The van der Waals surface area contributed by atoms with Crippen LogP contribution in [0.1, 0.15) is 39.2 Å². The molecule has 0 aromatic carbocycles. The Bertz CT molecular complexity index is 833. The smallest absolute Gasteiger partial charge is 0.241 e. The first kappa shape index (κ1) is 23.9. The van der Waals surface area contributed by atoms with Crippen molar-refractivity contribution in [3.63, 3.8) is 0 Å². The Hall–Kier alpha value is -1.74. The highest BCUT2D eigenvalue weighted by atomic mass is 35.5. The number of anilines is 2. The summed E-state index contributed by atoms with van der Waals surface area (Å²) in [5, 5.41) is 3.47. The standard InChI is InChI=1S/C22H33N5O3.ClH/c1-15-11-25(16(9-23-15)13-30-4)12-21(29)27-14-22(2,3)17-10-24-19(8-18(17)27)26-7-5-6-20(26)28;/h8,10,15-16,23H,5-7,9,11-14H2,1-4H3;1H/t15-,16-;/m1./s1. The normalized spacial score (nSPS) is 25.5. The van der Waals surface area contributed by atoms with E-state index >= 15 is 0 Å². The highest BCUT2D eigenvalue weighted by Crippen LogP contribution is 2.42. The van der Waals surface area contributed by atoms with E-state index in [1.165, 1.54) is 0 Å². The fourth-order valence-corrected chi connectivity index (χ4v) is 4.85. The third-order valence-corrected chi connectivity index (χ3v) is 6.52. The second-order valence-electron chi connectivity index (χ2n) is 9.42. The van der Waals surface area contributed by atoms with Crippen LogP contribution in [-0.4, -0.2) is 80.2 Å². The molecule has 2 saturated heterocycles. The summed E-state index contributed by atoms with van der Waals surface area (Å²) < 4.78 is 5.37. The van der Waals surface area contributed by atoms with Gasteiger partial charge in [0.2, 0.25) is 11.8 Å². The largest absolute Gasteiger partial charge is 0.383 e. The van der Waals surface area contributed by atoms with E-state index < -0.39 is 0 Å². The molecule has 3 aliphatic heterocycles. The van der Waals surface area contributed by atoms with Gasteiger partial charge >= 0.3 is 0 Å². The Morgan fingerprint density at radius 1 is 1.39 bits per heavy atom. The van der Waals surface area contributed by atoms with Crippen LogP contribution < -0.4 is 15.1 Å². The van der Waals surface area contributed by atoms with Crippen LogP contribution >= 0.6 is 12.4 Å². The van der Waals surface area contributed by atoms with Gasteiger partial charge in [-0.2, -0.15) is 0 Å². The van der Waals surface area contributed by atoms with E-state index in [1.807, 2.05) is 17.2 Å². The number of hydrogen-bond acceptors (Lipinski definition) is 6. The van der Waals surface area contributed by atoms with E-state index in [0.717, 1.165) is 30.8 Å². The SMILES string of the molecule is COC[C@H]1CN[C@H](C)CN1CC(=O)N1CC(C)(C)c2cnc(N3CCCC3=O)cc21.Cl. The van der Waals surface area contributed by atoms with Gasteiger partial charge in [0.05, 0.1) is 18.8 Å². The van der Waals surface area contributed by atoms with Crippen LogP contribution in [0.2, 0.25) is 0 Å².